The fraction of sp³-hybridized carbons (Fsp3) is 0.364. The standard InChI is InChI=1S/C22H25ClFN5O4S/c1-25-34(30,31)29-13-3-6-15(7-4-13)33-21-10-16-19(11-20(21)32-2)26-12-27-22(16)28-14-5-8-18(24)17(23)9-14/h5,8-13,15,25,29H,3-4,6-7H2,1-2H3,(H,26,27,28)/t13-,15-. The van der Waals surface area contributed by atoms with Crippen LogP contribution >= 0.6 is 11.6 Å². The van der Waals surface area contributed by atoms with Gasteiger partial charge in [0.2, 0.25) is 0 Å². The van der Waals surface area contributed by atoms with Crippen molar-refractivity contribution in [1.82, 2.24) is 19.4 Å². The Labute approximate surface area is 202 Å². The molecule has 2 aromatic carbocycles. The first kappa shape index (κ1) is 24.4. The Morgan fingerprint density at radius 1 is 1.09 bits per heavy atom. The van der Waals surface area contributed by atoms with Gasteiger partial charge in [0, 0.05) is 30.2 Å². The average molecular weight is 510 g/mol. The molecule has 1 aromatic heterocycles. The van der Waals surface area contributed by atoms with Gasteiger partial charge in [-0.1, -0.05) is 11.6 Å². The zero-order valence-corrected chi connectivity index (χ0v) is 20.2. The molecule has 0 bridgehead atoms. The van der Waals surface area contributed by atoms with Crippen LogP contribution in [0.3, 0.4) is 0 Å². The lowest BCUT2D eigenvalue weighted by molar-refractivity contribution is 0.139. The van der Waals surface area contributed by atoms with Crippen LogP contribution in [0.25, 0.3) is 10.9 Å². The lowest BCUT2D eigenvalue weighted by atomic mass is 9.93. The predicted octanol–water partition coefficient (Wildman–Crippen LogP) is 3.92. The number of ether oxygens (including phenoxy) is 2. The second-order valence-corrected chi connectivity index (χ2v) is 9.97. The maximum Gasteiger partial charge on any atom is 0.276 e. The highest BCUT2D eigenvalue weighted by Crippen LogP contribution is 2.37. The zero-order valence-electron chi connectivity index (χ0n) is 18.6. The van der Waals surface area contributed by atoms with Crippen LogP contribution in [-0.4, -0.2) is 44.7 Å². The van der Waals surface area contributed by atoms with Crippen molar-refractivity contribution in [3.8, 4) is 11.5 Å². The number of rotatable bonds is 8. The number of hydrogen-bond acceptors (Lipinski definition) is 7. The SMILES string of the molecule is CNS(=O)(=O)N[C@H]1CC[C@H](Oc2cc3c(Nc4ccc(F)c(Cl)c4)ncnc3cc2OC)CC1. The van der Waals surface area contributed by atoms with Crippen molar-refractivity contribution in [2.24, 2.45) is 0 Å². The minimum absolute atomic E-state index is 0.00154. The molecule has 0 radical (unpaired) electrons. The second-order valence-electron chi connectivity index (χ2n) is 7.91. The number of anilines is 2. The van der Waals surface area contributed by atoms with Gasteiger partial charge < -0.3 is 14.8 Å². The minimum Gasteiger partial charge on any atom is -0.493 e. The van der Waals surface area contributed by atoms with Crippen molar-refractivity contribution in [1.29, 1.82) is 0 Å². The van der Waals surface area contributed by atoms with Crippen molar-refractivity contribution in [3.63, 3.8) is 0 Å². The molecular weight excluding hydrogens is 485 g/mol. The molecule has 0 aliphatic heterocycles. The van der Waals surface area contributed by atoms with Crippen LogP contribution in [0.5, 0.6) is 11.5 Å². The van der Waals surface area contributed by atoms with Gasteiger partial charge in [0.05, 0.1) is 23.8 Å². The molecule has 1 heterocycles. The van der Waals surface area contributed by atoms with E-state index in [2.05, 4.69) is 24.7 Å². The maximum absolute atomic E-state index is 13.5. The number of nitrogens with one attached hydrogen (secondary N) is 3. The molecule has 1 saturated carbocycles. The lowest BCUT2D eigenvalue weighted by Crippen LogP contribution is -2.44. The van der Waals surface area contributed by atoms with E-state index in [9.17, 15) is 12.8 Å². The van der Waals surface area contributed by atoms with Crippen molar-refractivity contribution in [3.05, 3.63) is 47.5 Å². The van der Waals surface area contributed by atoms with E-state index in [4.69, 9.17) is 21.1 Å². The summed E-state index contributed by atoms with van der Waals surface area (Å²) in [4.78, 5) is 8.64. The molecule has 34 heavy (non-hydrogen) atoms. The summed E-state index contributed by atoms with van der Waals surface area (Å²) in [7, 11) is -0.548. The summed E-state index contributed by atoms with van der Waals surface area (Å²) in [6, 6.07) is 7.75. The first-order chi connectivity index (χ1) is 16.3. The number of benzene rings is 2. The topological polar surface area (TPSA) is 114 Å². The lowest BCUT2D eigenvalue weighted by Gasteiger charge is -2.29. The molecule has 0 spiro atoms. The highest BCUT2D eigenvalue weighted by molar-refractivity contribution is 7.87. The Kier molecular flexibility index (Phi) is 7.36. The van der Waals surface area contributed by atoms with Crippen molar-refractivity contribution >= 4 is 44.2 Å². The summed E-state index contributed by atoms with van der Waals surface area (Å²) in [5, 5.41) is 3.84. The summed E-state index contributed by atoms with van der Waals surface area (Å²) < 4.78 is 53.7. The monoisotopic (exact) mass is 509 g/mol. The zero-order chi connectivity index (χ0) is 24.3. The molecule has 1 fully saturated rings. The average Bonchev–Trinajstić information content (AvgIpc) is 2.82. The summed E-state index contributed by atoms with van der Waals surface area (Å²) in [6.07, 6.45) is 4.00. The molecule has 0 saturated heterocycles. The predicted molar refractivity (Wildman–Crippen MR) is 129 cm³/mol. The third-order valence-electron chi connectivity index (χ3n) is 5.66. The third kappa shape index (κ3) is 5.66. The summed E-state index contributed by atoms with van der Waals surface area (Å²) in [5.41, 5.74) is 1.21. The van der Waals surface area contributed by atoms with E-state index in [1.165, 1.54) is 25.5 Å². The highest BCUT2D eigenvalue weighted by Gasteiger charge is 2.26. The number of fused-ring (bicyclic) bond motifs is 1. The van der Waals surface area contributed by atoms with Crippen molar-refractivity contribution < 1.29 is 22.3 Å². The molecule has 9 nitrogen and oxygen atoms in total. The fourth-order valence-corrected chi connectivity index (χ4v) is 4.86. The maximum atomic E-state index is 13.5. The van der Waals surface area contributed by atoms with Gasteiger partial charge >= 0.3 is 0 Å². The first-order valence-corrected chi connectivity index (χ1v) is 12.6. The third-order valence-corrected chi connectivity index (χ3v) is 7.13. The van der Waals surface area contributed by atoms with Gasteiger partial charge in [0.1, 0.15) is 18.0 Å². The number of aromatic nitrogens is 2. The molecule has 4 rings (SSSR count). The molecule has 12 heteroatoms. The van der Waals surface area contributed by atoms with Gasteiger partial charge in [-0.25, -0.2) is 19.1 Å². The van der Waals surface area contributed by atoms with Crippen molar-refractivity contribution in [2.45, 2.75) is 37.8 Å². The van der Waals surface area contributed by atoms with E-state index in [0.717, 1.165) is 0 Å². The molecule has 3 N–H and O–H groups in total. The van der Waals surface area contributed by atoms with Gasteiger partial charge in [-0.3, -0.25) is 0 Å². The smallest absolute Gasteiger partial charge is 0.276 e. The largest absolute Gasteiger partial charge is 0.493 e. The molecule has 182 valence electrons. The number of nitrogens with zero attached hydrogens (tertiary/aromatic N) is 2. The van der Waals surface area contributed by atoms with Crippen LogP contribution < -0.4 is 24.2 Å². The Bertz CT molecular complexity index is 1290. The Hall–Kier alpha value is -2.73. The van der Waals surface area contributed by atoms with E-state index in [0.29, 0.717) is 59.6 Å². The quantitative estimate of drug-likeness (QED) is 0.421. The highest BCUT2D eigenvalue weighted by atomic mass is 35.5. The summed E-state index contributed by atoms with van der Waals surface area (Å²) in [6.45, 7) is 0. The van der Waals surface area contributed by atoms with Gasteiger partial charge in [0.15, 0.2) is 11.5 Å². The number of hydrogen-bond donors (Lipinski definition) is 3. The fourth-order valence-electron chi connectivity index (χ4n) is 3.88. The molecule has 0 atom stereocenters. The minimum atomic E-state index is -3.48. The number of methoxy groups -OCH3 is 1. The normalized spacial score (nSPS) is 18.6. The van der Waals surface area contributed by atoms with Gasteiger partial charge in [-0.05, 0) is 49.9 Å². The molecule has 1 aliphatic rings. The van der Waals surface area contributed by atoms with E-state index >= 15 is 0 Å². The van der Waals surface area contributed by atoms with Gasteiger partial charge in [-0.15, -0.1) is 0 Å². The van der Waals surface area contributed by atoms with Gasteiger partial charge in [0.25, 0.3) is 10.2 Å². The van der Waals surface area contributed by atoms with E-state index in [1.807, 2.05) is 0 Å². The van der Waals surface area contributed by atoms with Crippen molar-refractivity contribution in [2.75, 3.05) is 19.5 Å². The molecule has 0 unspecified atom stereocenters. The second kappa shape index (κ2) is 10.3. The van der Waals surface area contributed by atoms with Crippen LogP contribution in [0.15, 0.2) is 36.7 Å². The van der Waals surface area contributed by atoms with Gasteiger partial charge in [-0.2, -0.15) is 13.1 Å². The van der Waals surface area contributed by atoms with E-state index in [-0.39, 0.29) is 17.2 Å². The van der Waals surface area contributed by atoms with Crippen LogP contribution in [0.4, 0.5) is 15.9 Å². The van der Waals surface area contributed by atoms with E-state index in [1.54, 1.807) is 25.3 Å². The van der Waals surface area contributed by atoms with Crippen LogP contribution in [0.2, 0.25) is 5.02 Å². The molecule has 3 aromatic rings. The summed E-state index contributed by atoms with van der Waals surface area (Å²) in [5.74, 6) is 1.06. The van der Waals surface area contributed by atoms with Crippen LogP contribution in [0, 0.1) is 5.82 Å². The first-order valence-electron chi connectivity index (χ1n) is 10.7. The summed E-state index contributed by atoms with van der Waals surface area (Å²) >= 11 is 5.90. The molecular formula is C22H25ClFN5O4S. The Balaban J connectivity index is 1.54. The van der Waals surface area contributed by atoms with Crippen LogP contribution in [0.1, 0.15) is 25.7 Å². The number of halogens is 2. The molecule has 0 amide bonds. The van der Waals surface area contributed by atoms with Crippen LogP contribution in [-0.2, 0) is 10.2 Å². The Morgan fingerprint density at radius 3 is 2.53 bits per heavy atom. The van der Waals surface area contributed by atoms with E-state index < -0.39 is 16.0 Å². The molecule has 1 aliphatic carbocycles. The Morgan fingerprint density at radius 2 is 1.85 bits per heavy atom.